The highest BCUT2D eigenvalue weighted by Gasteiger charge is 2.48. The van der Waals surface area contributed by atoms with Crippen molar-refractivity contribution in [3.05, 3.63) is 92.2 Å². The second kappa shape index (κ2) is 8.42. The Morgan fingerprint density at radius 2 is 1.82 bits per heavy atom. The Balaban J connectivity index is 1.95. The van der Waals surface area contributed by atoms with E-state index >= 15 is 0 Å². The third-order valence-corrected chi connectivity index (χ3v) is 5.69. The Hall–Kier alpha value is -3.98. The quantitative estimate of drug-likeness (QED) is 0.179. The van der Waals surface area contributed by atoms with Gasteiger partial charge in [-0.05, 0) is 29.8 Å². The fraction of sp³-hybridized carbons (Fsp3) is 0.208. The SMILES string of the molecule is CC(C)(C)c1cc(N2C(=O)C(=O)C(=C(O)c3ccc(Cl)cc3)[C@@H]2c2cccc([N+](=O)[O-])c2)no1. The van der Waals surface area contributed by atoms with Crippen molar-refractivity contribution in [3.63, 3.8) is 0 Å². The monoisotopic (exact) mass is 481 g/mol. The van der Waals surface area contributed by atoms with Crippen molar-refractivity contribution in [2.24, 2.45) is 0 Å². The minimum atomic E-state index is -1.17. The highest BCUT2D eigenvalue weighted by atomic mass is 35.5. The third-order valence-electron chi connectivity index (χ3n) is 5.44. The number of halogens is 1. The van der Waals surface area contributed by atoms with Gasteiger partial charge < -0.3 is 9.63 Å². The Bertz CT molecular complexity index is 1340. The van der Waals surface area contributed by atoms with Gasteiger partial charge >= 0.3 is 5.91 Å². The van der Waals surface area contributed by atoms with Gasteiger partial charge in [0.05, 0.1) is 16.5 Å². The number of carbonyl (C=O) groups excluding carboxylic acids is 2. The first-order chi connectivity index (χ1) is 16.0. The lowest BCUT2D eigenvalue weighted by atomic mass is 9.93. The molecule has 1 fully saturated rings. The standard InChI is InChI=1S/C24H20ClN3O6/c1-24(2,3)17-12-18(26-34-17)27-20(14-5-4-6-16(11-14)28(32)33)19(22(30)23(27)31)21(29)13-7-9-15(25)10-8-13/h4-12,20,29H,1-3H3/t20-/m0/s1. The summed E-state index contributed by atoms with van der Waals surface area (Å²) in [7, 11) is 0. The average molecular weight is 482 g/mol. The topological polar surface area (TPSA) is 127 Å². The summed E-state index contributed by atoms with van der Waals surface area (Å²) in [5.41, 5.74) is -0.376. The molecule has 1 N–H and O–H groups in total. The second-order valence-corrected chi connectivity index (χ2v) is 9.26. The average Bonchev–Trinajstić information content (AvgIpc) is 3.37. The number of aliphatic hydroxyl groups excluding tert-OH is 1. The molecule has 1 saturated heterocycles. The van der Waals surface area contributed by atoms with E-state index in [0.717, 1.165) is 4.90 Å². The summed E-state index contributed by atoms with van der Waals surface area (Å²) in [5, 5.41) is 26.9. The van der Waals surface area contributed by atoms with Crippen LogP contribution in [0.2, 0.25) is 5.02 Å². The zero-order valence-corrected chi connectivity index (χ0v) is 19.2. The van der Waals surface area contributed by atoms with Gasteiger partial charge in [-0.3, -0.25) is 24.6 Å². The number of hydrogen-bond donors (Lipinski definition) is 1. The minimum Gasteiger partial charge on any atom is -0.507 e. The fourth-order valence-electron chi connectivity index (χ4n) is 3.69. The summed E-state index contributed by atoms with van der Waals surface area (Å²) in [4.78, 5) is 38.2. The number of nitro groups is 1. The van der Waals surface area contributed by atoms with E-state index in [4.69, 9.17) is 16.1 Å². The van der Waals surface area contributed by atoms with Crippen molar-refractivity contribution in [2.45, 2.75) is 32.2 Å². The Morgan fingerprint density at radius 1 is 1.15 bits per heavy atom. The number of Topliss-reactive ketones (excluding diaryl/α,β-unsaturated/α-hetero) is 1. The lowest BCUT2D eigenvalue weighted by Crippen LogP contribution is -2.29. The van der Waals surface area contributed by atoms with Crippen LogP contribution in [0.3, 0.4) is 0 Å². The molecule has 1 amide bonds. The molecule has 0 saturated carbocycles. The van der Waals surface area contributed by atoms with Crippen LogP contribution < -0.4 is 4.90 Å². The maximum Gasteiger partial charge on any atom is 0.301 e. The zero-order chi connectivity index (χ0) is 24.8. The van der Waals surface area contributed by atoms with Gasteiger partial charge in [-0.15, -0.1) is 0 Å². The van der Waals surface area contributed by atoms with Crippen molar-refractivity contribution in [2.75, 3.05) is 4.90 Å². The molecule has 1 aromatic heterocycles. The molecule has 9 nitrogen and oxygen atoms in total. The molecular weight excluding hydrogens is 462 g/mol. The van der Waals surface area contributed by atoms with E-state index in [1.165, 1.54) is 54.6 Å². The molecule has 174 valence electrons. The highest BCUT2D eigenvalue weighted by Crippen LogP contribution is 2.43. The number of amides is 1. The molecule has 1 aliphatic rings. The lowest BCUT2D eigenvalue weighted by molar-refractivity contribution is -0.384. The molecule has 0 unspecified atom stereocenters. The van der Waals surface area contributed by atoms with Gasteiger partial charge in [0.1, 0.15) is 11.5 Å². The summed E-state index contributed by atoms with van der Waals surface area (Å²) >= 11 is 5.93. The summed E-state index contributed by atoms with van der Waals surface area (Å²) in [6, 6.07) is 12.0. The number of rotatable bonds is 4. The first-order valence-corrected chi connectivity index (χ1v) is 10.7. The van der Waals surface area contributed by atoms with Gasteiger partial charge in [0, 0.05) is 34.2 Å². The normalized spacial score (nSPS) is 17.9. The molecule has 34 heavy (non-hydrogen) atoms. The van der Waals surface area contributed by atoms with Crippen LogP contribution in [0.25, 0.3) is 5.76 Å². The van der Waals surface area contributed by atoms with Crippen LogP contribution in [0.4, 0.5) is 11.5 Å². The van der Waals surface area contributed by atoms with E-state index in [1.807, 2.05) is 20.8 Å². The van der Waals surface area contributed by atoms with E-state index in [0.29, 0.717) is 10.8 Å². The van der Waals surface area contributed by atoms with Gasteiger partial charge in [0.2, 0.25) is 0 Å². The number of ketones is 1. The molecular formula is C24H20ClN3O6. The lowest BCUT2D eigenvalue weighted by Gasteiger charge is -2.22. The zero-order valence-electron chi connectivity index (χ0n) is 18.5. The van der Waals surface area contributed by atoms with Crippen LogP contribution in [0.15, 0.2) is 64.7 Å². The van der Waals surface area contributed by atoms with E-state index in [-0.39, 0.29) is 28.2 Å². The minimum absolute atomic E-state index is 0.0543. The maximum atomic E-state index is 13.2. The van der Waals surface area contributed by atoms with Crippen LogP contribution in [0, 0.1) is 10.1 Å². The van der Waals surface area contributed by atoms with Gasteiger partial charge in [0.25, 0.3) is 11.5 Å². The Morgan fingerprint density at radius 3 is 2.41 bits per heavy atom. The Kier molecular flexibility index (Phi) is 5.74. The maximum absolute atomic E-state index is 13.2. The van der Waals surface area contributed by atoms with E-state index in [9.17, 15) is 24.8 Å². The molecule has 0 radical (unpaired) electrons. The molecule has 0 spiro atoms. The Labute approximate surface area is 199 Å². The number of aromatic nitrogens is 1. The van der Waals surface area contributed by atoms with Crippen molar-refractivity contribution in [3.8, 4) is 0 Å². The van der Waals surface area contributed by atoms with Crippen molar-refractivity contribution >= 4 is 40.6 Å². The van der Waals surface area contributed by atoms with Crippen LogP contribution in [-0.4, -0.2) is 26.9 Å². The predicted molar refractivity (Wildman–Crippen MR) is 125 cm³/mol. The number of nitrogens with zero attached hydrogens (tertiary/aromatic N) is 3. The number of hydrogen-bond acceptors (Lipinski definition) is 7. The molecule has 3 aromatic rings. The number of aliphatic hydroxyl groups is 1. The molecule has 2 heterocycles. The molecule has 1 aliphatic heterocycles. The fourth-order valence-corrected chi connectivity index (χ4v) is 3.81. The van der Waals surface area contributed by atoms with Gasteiger partial charge in [-0.25, -0.2) is 0 Å². The third kappa shape index (κ3) is 4.06. The van der Waals surface area contributed by atoms with Crippen LogP contribution >= 0.6 is 11.6 Å². The highest BCUT2D eigenvalue weighted by molar-refractivity contribution is 6.51. The number of anilines is 1. The molecule has 1 atom stereocenters. The smallest absolute Gasteiger partial charge is 0.301 e. The van der Waals surface area contributed by atoms with Crippen molar-refractivity contribution < 1.29 is 24.1 Å². The van der Waals surface area contributed by atoms with Gasteiger partial charge in [-0.1, -0.05) is 49.7 Å². The van der Waals surface area contributed by atoms with Crippen molar-refractivity contribution in [1.29, 1.82) is 0 Å². The number of benzene rings is 2. The second-order valence-electron chi connectivity index (χ2n) is 8.83. The molecule has 10 heteroatoms. The molecule has 2 aromatic carbocycles. The van der Waals surface area contributed by atoms with E-state index < -0.39 is 33.8 Å². The van der Waals surface area contributed by atoms with Crippen molar-refractivity contribution in [1.82, 2.24) is 5.16 Å². The van der Waals surface area contributed by atoms with E-state index in [1.54, 1.807) is 0 Å². The molecule has 4 rings (SSSR count). The first kappa shape index (κ1) is 23.2. The number of non-ortho nitro benzene ring substituents is 1. The molecule has 0 bridgehead atoms. The predicted octanol–water partition coefficient (Wildman–Crippen LogP) is 5.16. The summed E-state index contributed by atoms with van der Waals surface area (Å²) in [6.45, 7) is 5.68. The largest absolute Gasteiger partial charge is 0.507 e. The number of carbonyl (C=O) groups is 2. The van der Waals surface area contributed by atoms with Gasteiger partial charge in [-0.2, -0.15) is 0 Å². The summed E-state index contributed by atoms with van der Waals surface area (Å²) in [5.74, 6) is -1.81. The van der Waals surface area contributed by atoms with Crippen LogP contribution in [0.5, 0.6) is 0 Å². The van der Waals surface area contributed by atoms with Crippen LogP contribution in [0.1, 0.15) is 43.7 Å². The molecule has 0 aliphatic carbocycles. The number of nitro benzene ring substituents is 1. The summed E-state index contributed by atoms with van der Waals surface area (Å²) in [6.07, 6.45) is 0. The van der Waals surface area contributed by atoms with Crippen LogP contribution in [-0.2, 0) is 15.0 Å². The van der Waals surface area contributed by atoms with E-state index in [2.05, 4.69) is 5.16 Å². The first-order valence-electron chi connectivity index (χ1n) is 10.3. The van der Waals surface area contributed by atoms with Gasteiger partial charge in [0.15, 0.2) is 5.82 Å². The summed E-state index contributed by atoms with van der Waals surface area (Å²) < 4.78 is 5.41.